The Morgan fingerprint density at radius 1 is 1.30 bits per heavy atom. The van der Waals surface area contributed by atoms with Crippen LogP contribution in [-0.4, -0.2) is 26.2 Å². The standard InChI is InChI=1S/C15H20F2N2O3S/c1-9(2)14(20)15(3,4)8-19-23(21,22)13-11(16)5-10(7-18)6-12(13)17/h5-6,9,14,19-20H,8H2,1-4H3. The van der Waals surface area contributed by atoms with Crippen molar-refractivity contribution in [3.8, 4) is 6.07 Å². The van der Waals surface area contributed by atoms with Gasteiger partial charge in [-0.05, 0) is 18.1 Å². The SMILES string of the molecule is CC(C)C(O)C(C)(C)CNS(=O)(=O)c1c(F)cc(C#N)cc1F. The van der Waals surface area contributed by atoms with Gasteiger partial charge in [0.15, 0.2) is 4.90 Å². The Morgan fingerprint density at radius 3 is 2.17 bits per heavy atom. The normalized spacial score (nSPS) is 13.9. The molecular formula is C15H20F2N2O3S. The molecule has 0 aliphatic heterocycles. The molecule has 1 unspecified atom stereocenters. The van der Waals surface area contributed by atoms with Gasteiger partial charge in [0, 0.05) is 12.0 Å². The predicted molar refractivity (Wildman–Crippen MR) is 80.9 cm³/mol. The first-order chi connectivity index (χ1) is 10.4. The van der Waals surface area contributed by atoms with Gasteiger partial charge in [0.25, 0.3) is 0 Å². The van der Waals surface area contributed by atoms with Gasteiger partial charge >= 0.3 is 0 Å². The fourth-order valence-electron chi connectivity index (χ4n) is 2.24. The van der Waals surface area contributed by atoms with Gasteiger partial charge in [0.2, 0.25) is 10.0 Å². The third-order valence-corrected chi connectivity index (χ3v) is 5.00. The van der Waals surface area contributed by atoms with Crippen LogP contribution in [0.2, 0.25) is 0 Å². The molecule has 1 aromatic rings. The first kappa shape index (κ1) is 19.5. The maximum absolute atomic E-state index is 13.8. The van der Waals surface area contributed by atoms with Crippen LogP contribution < -0.4 is 4.72 Å². The zero-order chi connectivity index (χ0) is 18.0. The monoisotopic (exact) mass is 346 g/mol. The van der Waals surface area contributed by atoms with E-state index >= 15 is 0 Å². The van der Waals surface area contributed by atoms with Crippen molar-refractivity contribution in [2.24, 2.45) is 11.3 Å². The molecule has 8 heteroatoms. The molecule has 0 spiro atoms. The van der Waals surface area contributed by atoms with E-state index in [1.165, 1.54) is 0 Å². The number of rotatable bonds is 6. The van der Waals surface area contributed by atoms with Crippen molar-refractivity contribution < 1.29 is 22.3 Å². The fraction of sp³-hybridized carbons (Fsp3) is 0.533. The van der Waals surface area contributed by atoms with Gasteiger partial charge in [-0.3, -0.25) is 0 Å². The van der Waals surface area contributed by atoms with Gasteiger partial charge in [-0.15, -0.1) is 0 Å². The lowest BCUT2D eigenvalue weighted by Gasteiger charge is -2.33. The molecule has 23 heavy (non-hydrogen) atoms. The maximum Gasteiger partial charge on any atom is 0.246 e. The van der Waals surface area contributed by atoms with Gasteiger partial charge < -0.3 is 5.11 Å². The molecular weight excluding hydrogens is 326 g/mol. The Balaban J connectivity index is 3.09. The third-order valence-electron chi connectivity index (χ3n) is 3.55. The van der Waals surface area contributed by atoms with Crippen LogP contribution >= 0.6 is 0 Å². The summed E-state index contributed by atoms with van der Waals surface area (Å²) < 4.78 is 54.1. The number of aliphatic hydroxyl groups excluding tert-OH is 1. The molecule has 0 aliphatic rings. The topological polar surface area (TPSA) is 90.2 Å². The first-order valence-corrected chi connectivity index (χ1v) is 8.47. The van der Waals surface area contributed by atoms with Crippen LogP contribution in [0.25, 0.3) is 0 Å². The Labute approximate surface area is 135 Å². The van der Waals surface area contributed by atoms with Crippen molar-refractivity contribution in [2.45, 2.75) is 38.7 Å². The van der Waals surface area contributed by atoms with E-state index in [0.29, 0.717) is 12.1 Å². The van der Waals surface area contributed by atoms with Crippen LogP contribution in [-0.2, 0) is 10.0 Å². The molecule has 2 N–H and O–H groups in total. The highest BCUT2D eigenvalue weighted by Gasteiger charge is 2.33. The molecule has 1 atom stereocenters. The lowest BCUT2D eigenvalue weighted by molar-refractivity contribution is 0.0166. The zero-order valence-corrected chi connectivity index (χ0v) is 14.2. The summed E-state index contributed by atoms with van der Waals surface area (Å²) in [6.07, 6.45) is -0.805. The molecule has 0 radical (unpaired) electrons. The van der Waals surface area contributed by atoms with Crippen molar-refractivity contribution in [3.05, 3.63) is 29.3 Å². The number of hydrogen-bond acceptors (Lipinski definition) is 4. The van der Waals surface area contributed by atoms with Gasteiger partial charge in [-0.1, -0.05) is 27.7 Å². The second kappa shape index (κ2) is 6.91. The summed E-state index contributed by atoms with van der Waals surface area (Å²) in [6.45, 7) is 6.65. The second-order valence-electron chi connectivity index (χ2n) is 6.38. The van der Waals surface area contributed by atoms with E-state index in [4.69, 9.17) is 5.26 Å². The van der Waals surface area contributed by atoms with Crippen LogP contribution in [0.15, 0.2) is 17.0 Å². The number of nitrogens with one attached hydrogen (secondary N) is 1. The van der Waals surface area contributed by atoms with E-state index < -0.39 is 38.1 Å². The smallest absolute Gasteiger partial charge is 0.246 e. The summed E-state index contributed by atoms with van der Waals surface area (Å²) in [7, 11) is -4.46. The highest BCUT2D eigenvalue weighted by Crippen LogP contribution is 2.27. The van der Waals surface area contributed by atoms with Gasteiger partial charge in [-0.2, -0.15) is 5.26 Å². The van der Waals surface area contributed by atoms with Crippen LogP contribution in [0.4, 0.5) is 8.78 Å². The van der Waals surface area contributed by atoms with Gasteiger partial charge in [-0.25, -0.2) is 21.9 Å². The van der Waals surface area contributed by atoms with E-state index in [9.17, 15) is 22.3 Å². The summed E-state index contributed by atoms with van der Waals surface area (Å²) in [5.74, 6) is -2.79. The molecule has 0 saturated heterocycles. The number of hydrogen-bond donors (Lipinski definition) is 2. The van der Waals surface area contributed by atoms with Crippen LogP contribution in [0.3, 0.4) is 0 Å². The van der Waals surface area contributed by atoms with Crippen LogP contribution in [0, 0.1) is 34.3 Å². The molecule has 0 aromatic heterocycles. The van der Waals surface area contributed by atoms with E-state index in [0.717, 1.165) is 0 Å². The summed E-state index contributed by atoms with van der Waals surface area (Å²) >= 11 is 0. The van der Waals surface area contributed by atoms with Crippen LogP contribution in [0.5, 0.6) is 0 Å². The van der Waals surface area contributed by atoms with Crippen molar-refractivity contribution in [1.82, 2.24) is 4.72 Å². The molecule has 0 fully saturated rings. The summed E-state index contributed by atoms with van der Waals surface area (Å²) in [4.78, 5) is -1.13. The Morgan fingerprint density at radius 2 is 1.78 bits per heavy atom. The minimum Gasteiger partial charge on any atom is -0.392 e. The number of sulfonamides is 1. The van der Waals surface area contributed by atoms with E-state index in [2.05, 4.69) is 4.72 Å². The largest absolute Gasteiger partial charge is 0.392 e. The highest BCUT2D eigenvalue weighted by atomic mass is 32.2. The van der Waals surface area contributed by atoms with Crippen molar-refractivity contribution in [1.29, 1.82) is 5.26 Å². The summed E-state index contributed by atoms with van der Waals surface area (Å²) in [6, 6.07) is 2.86. The van der Waals surface area contributed by atoms with E-state index in [-0.39, 0.29) is 18.0 Å². The molecule has 1 rings (SSSR count). The molecule has 1 aromatic carbocycles. The molecule has 0 aliphatic carbocycles. The average Bonchev–Trinajstić information content (AvgIpc) is 2.43. The maximum atomic E-state index is 13.8. The minimum atomic E-state index is -4.46. The fourth-order valence-corrected chi connectivity index (χ4v) is 3.58. The number of aliphatic hydroxyl groups is 1. The number of nitrogens with zero attached hydrogens (tertiary/aromatic N) is 1. The van der Waals surface area contributed by atoms with Crippen LogP contribution in [0.1, 0.15) is 33.3 Å². The Bertz CT molecular complexity index is 702. The van der Waals surface area contributed by atoms with Gasteiger partial charge in [0.1, 0.15) is 11.6 Å². The van der Waals surface area contributed by atoms with E-state index in [1.54, 1.807) is 33.8 Å². The Kier molecular flexibility index (Phi) is 5.85. The van der Waals surface area contributed by atoms with E-state index in [1.807, 2.05) is 0 Å². The lowest BCUT2D eigenvalue weighted by atomic mass is 9.81. The molecule has 5 nitrogen and oxygen atoms in total. The second-order valence-corrected chi connectivity index (χ2v) is 8.09. The predicted octanol–water partition coefficient (Wildman–Crippen LogP) is 2.16. The quantitative estimate of drug-likeness (QED) is 0.826. The minimum absolute atomic E-state index is 0.113. The number of nitriles is 1. The number of benzene rings is 1. The Hall–Kier alpha value is -1.56. The molecule has 128 valence electrons. The summed E-state index contributed by atoms with van der Waals surface area (Å²) in [5.41, 5.74) is -1.14. The summed E-state index contributed by atoms with van der Waals surface area (Å²) in [5, 5.41) is 18.7. The lowest BCUT2D eigenvalue weighted by Crippen LogP contribution is -2.43. The zero-order valence-electron chi connectivity index (χ0n) is 13.4. The molecule has 0 amide bonds. The first-order valence-electron chi connectivity index (χ1n) is 6.99. The van der Waals surface area contributed by atoms with Crippen molar-refractivity contribution in [3.63, 3.8) is 0 Å². The molecule has 0 heterocycles. The molecule has 0 bridgehead atoms. The number of halogens is 2. The average molecular weight is 346 g/mol. The highest BCUT2D eigenvalue weighted by molar-refractivity contribution is 7.89. The van der Waals surface area contributed by atoms with Crippen molar-refractivity contribution in [2.75, 3.05) is 6.54 Å². The third kappa shape index (κ3) is 4.47. The van der Waals surface area contributed by atoms with Gasteiger partial charge in [0.05, 0.1) is 17.7 Å². The van der Waals surface area contributed by atoms with Crippen molar-refractivity contribution >= 4 is 10.0 Å². The molecule has 0 saturated carbocycles.